The molecule has 0 atom stereocenters. The topological polar surface area (TPSA) is 105 Å². The SMILES string of the molecule is CCCCOc1ccc(CC(=N)OC(=N)c2cccnc2N)cc1. The van der Waals surface area contributed by atoms with Gasteiger partial charge >= 0.3 is 0 Å². The highest BCUT2D eigenvalue weighted by Crippen LogP contribution is 2.14. The van der Waals surface area contributed by atoms with E-state index in [1.807, 2.05) is 24.3 Å². The number of nitrogens with two attached hydrogens (primary N) is 1. The maximum absolute atomic E-state index is 7.91. The first-order chi connectivity index (χ1) is 11.6. The molecule has 24 heavy (non-hydrogen) atoms. The Morgan fingerprint density at radius 2 is 1.92 bits per heavy atom. The molecule has 1 aromatic carbocycles. The summed E-state index contributed by atoms with van der Waals surface area (Å²) in [6.07, 6.45) is 3.96. The monoisotopic (exact) mass is 326 g/mol. The van der Waals surface area contributed by atoms with Gasteiger partial charge in [0.05, 0.1) is 12.2 Å². The number of benzene rings is 1. The van der Waals surface area contributed by atoms with Gasteiger partial charge in [0.25, 0.3) is 0 Å². The first-order valence-electron chi connectivity index (χ1n) is 7.86. The number of nitrogen functional groups attached to an aromatic ring is 1. The Hall–Kier alpha value is -2.89. The zero-order valence-corrected chi connectivity index (χ0v) is 13.7. The van der Waals surface area contributed by atoms with Crippen molar-refractivity contribution in [3.05, 3.63) is 53.7 Å². The van der Waals surface area contributed by atoms with E-state index in [0.29, 0.717) is 12.2 Å². The minimum atomic E-state index is -0.176. The lowest BCUT2D eigenvalue weighted by Crippen LogP contribution is -2.15. The van der Waals surface area contributed by atoms with E-state index in [4.69, 9.17) is 26.0 Å². The Balaban J connectivity index is 1.88. The largest absolute Gasteiger partial charge is 0.494 e. The van der Waals surface area contributed by atoms with Crippen LogP contribution < -0.4 is 10.5 Å². The Morgan fingerprint density at radius 1 is 1.17 bits per heavy atom. The lowest BCUT2D eigenvalue weighted by Gasteiger charge is -2.10. The third-order valence-electron chi connectivity index (χ3n) is 3.36. The van der Waals surface area contributed by atoms with Gasteiger partial charge in [0.15, 0.2) is 5.90 Å². The van der Waals surface area contributed by atoms with Gasteiger partial charge in [0.1, 0.15) is 11.6 Å². The van der Waals surface area contributed by atoms with Gasteiger partial charge in [-0.05, 0) is 36.2 Å². The summed E-state index contributed by atoms with van der Waals surface area (Å²) in [5.74, 6) is 0.826. The molecule has 0 bridgehead atoms. The molecule has 0 aliphatic carbocycles. The summed E-state index contributed by atoms with van der Waals surface area (Å²) < 4.78 is 10.8. The molecule has 1 heterocycles. The number of aromatic nitrogens is 1. The highest BCUT2D eigenvalue weighted by atomic mass is 16.5. The van der Waals surface area contributed by atoms with Gasteiger partial charge in [-0.1, -0.05) is 25.5 Å². The van der Waals surface area contributed by atoms with Crippen molar-refractivity contribution in [3.8, 4) is 5.75 Å². The van der Waals surface area contributed by atoms with E-state index in [0.717, 1.165) is 24.2 Å². The minimum Gasteiger partial charge on any atom is -0.494 e. The van der Waals surface area contributed by atoms with Gasteiger partial charge in [-0.2, -0.15) is 0 Å². The second-order valence-corrected chi connectivity index (χ2v) is 5.31. The fraction of sp³-hybridized carbons (Fsp3) is 0.278. The fourth-order valence-electron chi connectivity index (χ4n) is 2.05. The van der Waals surface area contributed by atoms with Crippen molar-refractivity contribution in [1.82, 2.24) is 4.98 Å². The molecule has 6 nitrogen and oxygen atoms in total. The van der Waals surface area contributed by atoms with Gasteiger partial charge in [0.2, 0.25) is 5.90 Å². The van der Waals surface area contributed by atoms with Crippen LogP contribution in [0.2, 0.25) is 0 Å². The van der Waals surface area contributed by atoms with Gasteiger partial charge in [-0.3, -0.25) is 10.8 Å². The van der Waals surface area contributed by atoms with E-state index in [1.165, 1.54) is 0 Å². The quantitative estimate of drug-likeness (QED) is 0.412. The molecule has 0 amide bonds. The van der Waals surface area contributed by atoms with Crippen LogP contribution in [0.3, 0.4) is 0 Å². The first kappa shape index (κ1) is 17.5. The summed E-state index contributed by atoms with van der Waals surface area (Å²) in [5, 5.41) is 15.8. The van der Waals surface area contributed by atoms with Crippen molar-refractivity contribution in [1.29, 1.82) is 10.8 Å². The fourth-order valence-corrected chi connectivity index (χ4v) is 2.05. The summed E-state index contributed by atoms with van der Waals surface area (Å²) in [7, 11) is 0. The van der Waals surface area contributed by atoms with Crippen molar-refractivity contribution >= 4 is 17.6 Å². The number of pyridine rings is 1. The number of ether oxygens (including phenoxy) is 2. The lowest BCUT2D eigenvalue weighted by atomic mass is 10.1. The van der Waals surface area contributed by atoms with Crippen molar-refractivity contribution < 1.29 is 9.47 Å². The average molecular weight is 326 g/mol. The molecule has 2 rings (SSSR count). The number of unbranched alkanes of at least 4 members (excludes halogenated alkanes) is 1. The molecule has 0 aliphatic heterocycles. The lowest BCUT2D eigenvalue weighted by molar-refractivity contribution is 0.309. The van der Waals surface area contributed by atoms with Gasteiger partial charge in [-0.15, -0.1) is 0 Å². The summed E-state index contributed by atoms with van der Waals surface area (Å²) in [5.41, 5.74) is 6.99. The van der Waals surface area contributed by atoms with Gasteiger partial charge in [-0.25, -0.2) is 4.98 Å². The third kappa shape index (κ3) is 5.08. The Labute approximate surface area is 141 Å². The number of hydrogen-bond acceptors (Lipinski definition) is 6. The van der Waals surface area contributed by atoms with Crippen molar-refractivity contribution in [2.45, 2.75) is 26.2 Å². The smallest absolute Gasteiger partial charge is 0.224 e. The summed E-state index contributed by atoms with van der Waals surface area (Å²) in [6, 6.07) is 10.8. The van der Waals surface area contributed by atoms with E-state index in [2.05, 4.69) is 11.9 Å². The standard InChI is InChI=1S/C18H22N4O2/c1-2-3-11-23-14-8-6-13(7-9-14)12-16(19)24-18(21)15-5-4-10-22-17(15)20/h4-10,19,21H,2-3,11-12H2,1H3,(H2,20,22). The van der Waals surface area contributed by atoms with Crippen LogP contribution in [0.4, 0.5) is 5.82 Å². The van der Waals surface area contributed by atoms with Crippen molar-refractivity contribution in [2.24, 2.45) is 0 Å². The van der Waals surface area contributed by atoms with Crippen LogP contribution in [-0.4, -0.2) is 23.4 Å². The summed E-state index contributed by atoms with van der Waals surface area (Å²) in [4.78, 5) is 3.90. The van der Waals surface area contributed by atoms with Crippen LogP contribution >= 0.6 is 0 Å². The molecule has 126 valence electrons. The number of nitrogens with one attached hydrogen (secondary N) is 2. The molecule has 0 aliphatic rings. The van der Waals surface area contributed by atoms with Crippen LogP contribution in [0.15, 0.2) is 42.6 Å². The molecule has 1 aromatic heterocycles. The molecule has 0 radical (unpaired) electrons. The van der Waals surface area contributed by atoms with E-state index in [-0.39, 0.29) is 24.0 Å². The number of hydrogen-bond donors (Lipinski definition) is 3. The predicted octanol–water partition coefficient (Wildman–Crippen LogP) is 3.40. The molecular weight excluding hydrogens is 304 g/mol. The van der Waals surface area contributed by atoms with E-state index < -0.39 is 0 Å². The maximum Gasteiger partial charge on any atom is 0.224 e. The molecule has 0 saturated carbocycles. The molecule has 6 heteroatoms. The van der Waals surface area contributed by atoms with Gasteiger partial charge < -0.3 is 15.2 Å². The Kier molecular flexibility index (Phi) is 6.31. The van der Waals surface area contributed by atoms with Gasteiger partial charge in [0, 0.05) is 12.6 Å². The van der Waals surface area contributed by atoms with E-state index in [9.17, 15) is 0 Å². The zero-order chi connectivity index (χ0) is 17.4. The Bertz CT molecular complexity index is 698. The van der Waals surface area contributed by atoms with Crippen LogP contribution in [0.1, 0.15) is 30.9 Å². The molecule has 2 aromatic rings. The highest BCUT2D eigenvalue weighted by Gasteiger charge is 2.11. The second-order valence-electron chi connectivity index (χ2n) is 5.31. The second kappa shape index (κ2) is 8.67. The van der Waals surface area contributed by atoms with Crippen LogP contribution in [0.5, 0.6) is 5.75 Å². The molecule has 0 unspecified atom stereocenters. The van der Waals surface area contributed by atoms with Crippen molar-refractivity contribution in [2.75, 3.05) is 12.3 Å². The van der Waals surface area contributed by atoms with E-state index in [1.54, 1.807) is 18.3 Å². The zero-order valence-electron chi connectivity index (χ0n) is 13.7. The maximum atomic E-state index is 7.91. The molecule has 0 saturated heterocycles. The number of nitrogens with zero attached hydrogens (tertiary/aromatic N) is 1. The summed E-state index contributed by atoms with van der Waals surface area (Å²) >= 11 is 0. The number of rotatable bonds is 7. The molecular formula is C18H22N4O2. The van der Waals surface area contributed by atoms with Crippen LogP contribution in [0.25, 0.3) is 0 Å². The van der Waals surface area contributed by atoms with Crippen LogP contribution in [-0.2, 0) is 11.2 Å². The number of anilines is 1. The minimum absolute atomic E-state index is 0.0251. The normalized spacial score (nSPS) is 10.2. The Morgan fingerprint density at radius 3 is 2.58 bits per heavy atom. The molecule has 0 fully saturated rings. The predicted molar refractivity (Wildman–Crippen MR) is 94.8 cm³/mol. The highest BCUT2D eigenvalue weighted by molar-refractivity contribution is 6.02. The average Bonchev–Trinajstić information content (AvgIpc) is 2.57. The van der Waals surface area contributed by atoms with E-state index >= 15 is 0 Å². The first-order valence-corrected chi connectivity index (χ1v) is 7.86. The van der Waals surface area contributed by atoms with Crippen molar-refractivity contribution in [3.63, 3.8) is 0 Å². The molecule has 0 spiro atoms. The third-order valence-corrected chi connectivity index (χ3v) is 3.36. The summed E-state index contributed by atoms with van der Waals surface area (Å²) in [6.45, 7) is 2.83. The molecule has 4 N–H and O–H groups in total. The van der Waals surface area contributed by atoms with Crippen LogP contribution in [0, 0.1) is 10.8 Å².